The highest BCUT2D eigenvalue weighted by Crippen LogP contribution is 2.19. The summed E-state index contributed by atoms with van der Waals surface area (Å²) >= 11 is 0. The Labute approximate surface area is 105 Å². The molecule has 0 unspecified atom stereocenters. The zero-order valence-corrected chi connectivity index (χ0v) is 10.2. The quantitative estimate of drug-likeness (QED) is 0.761. The molecule has 0 aliphatic heterocycles. The molecule has 0 bridgehead atoms. The molecule has 3 nitrogen and oxygen atoms in total. The first-order chi connectivity index (χ1) is 8.86. The topological polar surface area (TPSA) is 37.9 Å². The molecule has 1 N–H and O–H groups in total. The number of ether oxygens (including phenoxy) is 1. The number of nitrogens with zero attached hydrogens (tertiary/aromatic N) is 1. The number of fused-ring (bicyclic) bond motifs is 1. The van der Waals surface area contributed by atoms with Gasteiger partial charge in [-0.1, -0.05) is 30.3 Å². The molecule has 0 aliphatic rings. The Balaban J connectivity index is 1.91. The number of methoxy groups -OCH3 is 1. The third-order valence-electron chi connectivity index (χ3n) is 3.08. The van der Waals surface area contributed by atoms with E-state index < -0.39 is 0 Å². The van der Waals surface area contributed by atoms with E-state index in [1.165, 1.54) is 10.9 Å². The Morgan fingerprint density at radius 3 is 2.61 bits per heavy atom. The summed E-state index contributed by atoms with van der Waals surface area (Å²) in [5.74, 6) is 0.880. The van der Waals surface area contributed by atoms with E-state index in [-0.39, 0.29) is 0 Å². The predicted molar refractivity (Wildman–Crippen MR) is 71.9 cm³/mol. The number of H-pyrrole nitrogens is 1. The van der Waals surface area contributed by atoms with Crippen molar-refractivity contribution in [2.24, 2.45) is 0 Å². The van der Waals surface area contributed by atoms with E-state index in [1.807, 2.05) is 30.3 Å². The van der Waals surface area contributed by atoms with Crippen molar-refractivity contribution in [3.63, 3.8) is 0 Å². The molecular weight excluding hydrogens is 224 g/mol. The lowest BCUT2D eigenvalue weighted by atomic mass is 10.1. The molecule has 1 heterocycles. The molecule has 0 amide bonds. The molecule has 3 rings (SSSR count). The van der Waals surface area contributed by atoms with Gasteiger partial charge >= 0.3 is 0 Å². The maximum atomic E-state index is 5.15. The molecule has 0 fully saturated rings. The standard InChI is InChI=1S/C15H14N2O/c1-18-12-8-6-11(7-9-12)10-15-13-4-2-3-5-14(13)16-17-15/h2-9H,10H2,1H3,(H,16,17). The van der Waals surface area contributed by atoms with E-state index >= 15 is 0 Å². The maximum Gasteiger partial charge on any atom is 0.118 e. The van der Waals surface area contributed by atoms with Crippen LogP contribution in [0.5, 0.6) is 5.75 Å². The molecule has 3 heteroatoms. The van der Waals surface area contributed by atoms with Crippen molar-refractivity contribution in [2.45, 2.75) is 6.42 Å². The van der Waals surface area contributed by atoms with Crippen LogP contribution >= 0.6 is 0 Å². The van der Waals surface area contributed by atoms with Crippen LogP contribution in [-0.2, 0) is 6.42 Å². The summed E-state index contributed by atoms with van der Waals surface area (Å²) in [7, 11) is 1.68. The van der Waals surface area contributed by atoms with Crippen LogP contribution in [0.2, 0.25) is 0 Å². The third-order valence-corrected chi connectivity index (χ3v) is 3.08. The molecule has 18 heavy (non-hydrogen) atoms. The van der Waals surface area contributed by atoms with Crippen LogP contribution < -0.4 is 4.74 Å². The van der Waals surface area contributed by atoms with Crippen LogP contribution in [-0.4, -0.2) is 17.3 Å². The van der Waals surface area contributed by atoms with Crippen molar-refractivity contribution in [1.82, 2.24) is 10.2 Å². The van der Waals surface area contributed by atoms with E-state index in [4.69, 9.17) is 4.74 Å². The van der Waals surface area contributed by atoms with Gasteiger partial charge in [-0.05, 0) is 23.8 Å². The second kappa shape index (κ2) is 4.53. The highest BCUT2D eigenvalue weighted by Gasteiger charge is 2.05. The lowest BCUT2D eigenvalue weighted by Gasteiger charge is -2.02. The Hall–Kier alpha value is -2.29. The minimum atomic E-state index is 0.827. The molecule has 0 saturated carbocycles. The van der Waals surface area contributed by atoms with Gasteiger partial charge in [0.15, 0.2) is 0 Å². The number of hydrogen-bond acceptors (Lipinski definition) is 2. The average molecular weight is 238 g/mol. The van der Waals surface area contributed by atoms with Crippen LogP contribution in [0.25, 0.3) is 10.9 Å². The molecule has 3 aromatic rings. The molecule has 0 aliphatic carbocycles. The number of nitrogens with one attached hydrogen (secondary N) is 1. The minimum Gasteiger partial charge on any atom is -0.497 e. The Kier molecular flexibility index (Phi) is 2.73. The maximum absolute atomic E-state index is 5.15. The second-order valence-corrected chi connectivity index (χ2v) is 4.24. The van der Waals surface area contributed by atoms with Crippen LogP contribution in [0.3, 0.4) is 0 Å². The monoisotopic (exact) mass is 238 g/mol. The molecule has 0 saturated heterocycles. The fraction of sp³-hybridized carbons (Fsp3) is 0.133. The first kappa shape index (κ1) is 10.8. The summed E-state index contributed by atoms with van der Waals surface area (Å²) in [5, 5.41) is 8.62. The molecule has 1 aromatic heterocycles. The summed E-state index contributed by atoms with van der Waals surface area (Å²) < 4.78 is 5.15. The molecular formula is C15H14N2O. The fourth-order valence-electron chi connectivity index (χ4n) is 2.09. The number of benzene rings is 2. The highest BCUT2D eigenvalue weighted by atomic mass is 16.5. The fourth-order valence-corrected chi connectivity index (χ4v) is 2.09. The second-order valence-electron chi connectivity index (χ2n) is 4.24. The van der Waals surface area contributed by atoms with Gasteiger partial charge in [0.05, 0.1) is 18.3 Å². The van der Waals surface area contributed by atoms with Crippen molar-refractivity contribution in [3.05, 3.63) is 59.8 Å². The van der Waals surface area contributed by atoms with Crippen LogP contribution in [0.4, 0.5) is 0 Å². The van der Waals surface area contributed by atoms with E-state index in [1.54, 1.807) is 7.11 Å². The number of rotatable bonds is 3. The van der Waals surface area contributed by atoms with Crippen LogP contribution in [0.15, 0.2) is 48.5 Å². The zero-order valence-electron chi connectivity index (χ0n) is 10.2. The number of aromatic amines is 1. The van der Waals surface area contributed by atoms with Crippen molar-refractivity contribution >= 4 is 10.9 Å². The summed E-state index contributed by atoms with van der Waals surface area (Å²) in [6.07, 6.45) is 0.827. The van der Waals surface area contributed by atoms with Gasteiger partial charge in [0.25, 0.3) is 0 Å². The molecule has 0 radical (unpaired) electrons. The van der Waals surface area contributed by atoms with E-state index in [0.717, 1.165) is 23.4 Å². The highest BCUT2D eigenvalue weighted by molar-refractivity contribution is 5.81. The average Bonchev–Trinajstić information content (AvgIpc) is 2.83. The van der Waals surface area contributed by atoms with Gasteiger partial charge in [-0.2, -0.15) is 5.10 Å². The van der Waals surface area contributed by atoms with E-state index in [9.17, 15) is 0 Å². The lowest BCUT2D eigenvalue weighted by Crippen LogP contribution is -1.90. The molecule has 2 aromatic carbocycles. The number of aromatic nitrogens is 2. The van der Waals surface area contributed by atoms with Crippen molar-refractivity contribution < 1.29 is 4.74 Å². The van der Waals surface area contributed by atoms with Gasteiger partial charge in [-0.25, -0.2) is 0 Å². The lowest BCUT2D eigenvalue weighted by molar-refractivity contribution is 0.414. The first-order valence-electron chi connectivity index (χ1n) is 5.92. The minimum absolute atomic E-state index is 0.827. The summed E-state index contributed by atoms with van der Waals surface area (Å²) in [4.78, 5) is 0. The van der Waals surface area contributed by atoms with Crippen molar-refractivity contribution in [1.29, 1.82) is 0 Å². The van der Waals surface area contributed by atoms with Gasteiger partial charge in [-0.15, -0.1) is 0 Å². The van der Waals surface area contributed by atoms with Crippen molar-refractivity contribution in [2.75, 3.05) is 7.11 Å². The predicted octanol–water partition coefficient (Wildman–Crippen LogP) is 3.16. The number of para-hydroxylation sites is 1. The van der Waals surface area contributed by atoms with Gasteiger partial charge < -0.3 is 4.74 Å². The molecule has 0 spiro atoms. The zero-order chi connectivity index (χ0) is 12.4. The summed E-state index contributed by atoms with van der Waals surface area (Å²) in [6, 6.07) is 16.3. The van der Waals surface area contributed by atoms with Gasteiger partial charge in [0, 0.05) is 11.8 Å². The van der Waals surface area contributed by atoms with Crippen LogP contribution in [0.1, 0.15) is 11.3 Å². The van der Waals surface area contributed by atoms with E-state index in [0.29, 0.717) is 0 Å². The van der Waals surface area contributed by atoms with Gasteiger partial charge in [0.1, 0.15) is 5.75 Å². The molecule has 0 atom stereocenters. The van der Waals surface area contributed by atoms with Crippen molar-refractivity contribution in [3.8, 4) is 5.75 Å². The third kappa shape index (κ3) is 1.95. The van der Waals surface area contributed by atoms with E-state index in [2.05, 4.69) is 28.4 Å². The Morgan fingerprint density at radius 2 is 1.83 bits per heavy atom. The molecule has 90 valence electrons. The summed E-state index contributed by atoms with van der Waals surface area (Å²) in [6.45, 7) is 0. The largest absolute Gasteiger partial charge is 0.497 e. The van der Waals surface area contributed by atoms with Gasteiger partial charge in [0.2, 0.25) is 0 Å². The Bertz CT molecular complexity index is 656. The normalized spacial score (nSPS) is 10.7. The SMILES string of the molecule is COc1ccc(Cc2n[nH]c3ccccc23)cc1. The smallest absolute Gasteiger partial charge is 0.118 e. The van der Waals surface area contributed by atoms with Gasteiger partial charge in [-0.3, -0.25) is 5.10 Å². The number of hydrogen-bond donors (Lipinski definition) is 1. The van der Waals surface area contributed by atoms with Crippen LogP contribution in [0, 0.1) is 0 Å². The first-order valence-corrected chi connectivity index (χ1v) is 5.92. The Morgan fingerprint density at radius 1 is 1.06 bits per heavy atom. The summed E-state index contributed by atoms with van der Waals surface area (Å²) in [5.41, 5.74) is 3.39.